The smallest absolute Gasteiger partial charge is 0.352 e. The number of fused-ring (bicyclic) bond motifs is 1. The Labute approximate surface area is 144 Å². The van der Waals surface area contributed by atoms with Crippen molar-refractivity contribution in [1.29, 1.82) is 0 Å². The van der Waals surface area contributed by atoms with Crippen molar-refractivity contribution in [3.63, 3.8) is 0 Å². The molecular weight excluding hydrogens is 382 g/mol. The number of hydrogen-bond donors (Lipinski definition) is 2. The lowest BCUT2D eigenvalue weighted by molar-refractivity contribution is -0.146. The van der Waals surface area contributed by atoms with Gasteiger partial charge in [-0.1, -0.05) is 11.8 Å². The number of nitrogens with zero attached hydrogens (tertiary/aromatic N) is 5. The van der Waals surface area contributed by atoms with E-state index in [1.54, 1.807) is 0 Å². The average Bonchev–Trinajstić information content (AvgIpc) is 2.89. The number of β-lactam (4-membered cyclic amide) rings is 1. The summed E-state index contributed by atoms with van der Waals surface area (Å²) in [6.45, 7) is 0. The third-order valence-corrected chi connectivity index (χ3v) is 6.19. The number of carbonyl (C=O) groups is 2. The number of carbonyl (C=O) groups excluding carboxylic acids is 1. The van der Waals surface area contributed by atoms with Crippen molar-refractivity contribution in [3.8, 4) is 0 Å². The first-order valence-corrected chi connectivity index (χ1v) is 10.1. The van der Waals surface area contributed by atoms with Crippen LogP contribution in [0, 0.1) is 0 Å². The molecule has 1 amide bonds. The number of hydrogen-bond acceptors (Lipinski definition) is 9. The van der Waals surface area contributed by atoms with E-state index in [1.807, 2.05) is 0 Å². The number of tetrazole rings is 1. The summed E-state index contributed by atoms with van der Waals surface area (Å²) in [6, 6.07) is 0. The Morgan fingerprint density at radius 2 is 2.21 bits per heavy atom. The highest BCUT2D eigenvalue weighted by Crippen LogP contribution is 2.41. The standard InChI is InChI=1S/C10H11N5O6S3/c16-6-1-7-15(6)8(9(17)18)5(2-22-7)3-23-10-11-12-13-14(10)4-24(19,20)21/h7H,1-4H2,(H,17,18)(H,19,20,21)/t7-/m0/s1. The van der Waals surface area contributed by atoms with Gasteiger partial charge in [-0.25, -0.2) is 9.48 Å². The van der Waals surface area contributed by atoms with Crippen LogP contribution in [0.15, 0.2) is 16.4 Å². The highest BCUT2D eigenvalue weighted by molar-refractivity contribution is 8.01. The van der Waals surface area contributed by atoms with Gasteiger partial charge in [-0.2, -0.15) is 8.42 Å². The molecule has 130 valence electrons. The molecule has 3 heterocycles. The molecular formula is C10H11N5O6S3. The van der Waals surface area contributed by atoms with E-state index in [4.69, 9.17) is 4.55 Å². The van der Waals surface area contributed by atoms with E-state index in [0.29, 0.717) is 17.7 Å². The second-order valence-corrected chi connectivity index (χ2v) is 8.48. The zero-order chi connectivity index (χ0) is 17.5. The number of carboxylic acids is 1. The first-order valence-electron chi connectivity index (χ1n) is 6.49. The SMILES string of the molecule is O=C(O)C1=C(CSc2nnnn2CS(=O)(=O)O)CS[C@H]2CC(=O)N12. The topological polar surface area (TPSA) is 156 Å². The summed E-state index contributed by atoms with van der Waals surface area (Å²) in [4.78, 5) is 24.4. The van der Waals surface area contributed by atoms with Gasteiger partial charge in [0.2, 0.25) is 11.1 Å². The van der Waals surface area contributed by atoms with Crippen molar-refractivity contribution in [3.05, 3.63) is 11.3 Å². The Morgan fingerprint density at radius 3 is 2.83 bits per heavy atom. The summed E-state index contributed by atoms with van der Waals surface area (Å²) in [5, 5.41) is 19.8. The fourth-order valence-corrected chi connectivity index (χ4v) is 5.12. The van der Waals surface area contributed by atoms with E-state index in [1.165, 1.54) is 16.7 Å². The summed E-state index contributed by atoms with van der Waals surface area (Å²) in [6.07, 6.45) is 0.328. The van der Waals surface area contributed by atoms with E-state index >= 15 is 0 Å². The van der Waals surface area contributed by atoms with Crippen LogP contribution in [0.5, 0.6) is 0 Å². The van der Waals surface area contributed by atoms with E-state index in [0.717, 1.165) is 16.4 Å². The molecule has 1 aromatic heterocycles. The Morgan fingerprint density at radius 1 is 1.46 bits per heavy atom. The number of aromatic nitrogens is 4. The van der Waals surface area contributed by atoms with Crippen molar-refractivity contribution in [2.45, 2.75) is 22.8 Å². The molecule has 0 aliphatic carbocycles. The van der Waals surface area contributed by atoms with Crippen LogP contribution < -0.4 is 0 Å². The maximum Gasteiger partial charge on any atom is 0.352 e. The fraction of sp³-hybridized carbons (Fsp3) is 0.500. The zero-order valence-corrected chi connectivity index (χ0v) is 14.3. The second kappa shape index (κ2) is 6.34. The maximum atomic E-state index is 11.6. The van der Waals surface area contributed by atoms with Gasteiger partial charge in [0.1, 0.15) is 5.70 Å². The van der Waals surface area contributed by atoms with Gasteiger partial charge in [0.25, 0.3) is 10.1 Å². The molecule has 2 aliphatic heterocycles. The lowest BCUT2D eigenvalue weighted by atomic mass is 10.1. The Balaban J connectivity index is 1.78. The summed E-state index contributed by atoms with van der Waals surface area (Å²) >= 11 is 2.50. The van der Waals surface area contributed by atoms with Gasteiger partial charge >= 0.3 is 5.97 Å². The van der Waals surface area contributed by atoms with E-state index in [9.17, 15) is 23.1 Å². The van der Waals surface area contributed by atoms with Gasteiger partial charge in [0.05, 0.1) is 11.8 Å². The monoisotopic (exact) mass is 393 g/mol. The first kappa shape index (κ1) is 17.2. The van der Waals surface area contributed by atoms with Crippen LogP contribution >= 0.6 is 23.5 Å². The molecule has 0 bridgehead atoms. The third kappa shape index (κ3) is 3.40. The zero-order valence-electron chi connectivity index (χ0n) is 11.9. The highest BCUT2D eigenvalue weighted by Gasteiger charge is 2.45. The molecule has 24 heavy (non-hydrogen) atoms. The molecule has 1 atom stereocenters. The van der Waals surface area contributed by atoms with Crippen molar-refractivity contribution in [1.82, 2.24) is 25.1 Å². The minimum absolute atomic E-state index is 0.0312. The predicted octanol–water partition coefficient (Wildman–Crippen LogP) is -0.746. The molecule has 1 fully saturated rings. The number of rotatable bonds is 6. The van der Waals surface area contributed by atoms with Crippen molar-refractivity contribution in [2.24, 2.45) is 0 Å². The molecule has 14 heteroatoms. The van der Waals surface area contributed by atoms with Gasteiger partial charge in [-0.3, -0.25) is 14.2 Å². The molecule has 0 unspecified atom stereocenters. The lowest BCUT2D eigenvalue weighted by Crippen LogP contribution is -2.54. The Kier molecular flexibility index (Phi) is 4.54. The molecule has 1 aromatic rings. The van der Waals surface area contributed by atoms with Gasteiger partial charge < -0.3 is 5.11 Å². The summed E-state index contributed by atoms with van der Waals surface area (Å²) < 4.78 is 31.6. The van der Waals surface area contributed by atoms with Crippen LogP contribution in [0.1, 0.15) is 6.42 Å². The minimum atomic E-state index is -4.31. The number of carboxylic acid groups (broad SMARTS) is 1. The molecule has 3 rings (SSSR count). The Hall–Kier alpha value is -1.64. The predicted molar refractivity (Wildman–Crippen MR) is 82.5 cm³/mol. The largest absolute Gasteiger partial charge is 0.477 e. The first-order chi connectivity index (χ1) is 11.3. The van der Waals surface area contributed by atoms with Gasteiger partial charge in [0, 0.05) is 11.5 Å². The molecule has 0 radical (unpaired) electrons. The second-order valence-electron chi connectivity index (χ2n) is 4.95. The molecule has 0 saturated carbocycles. The molecule has 0 spiro atoms. The highest BCUT2D eigenvalue weighted by atomic mass is 32.2. The Bertz CT molecular complexity index is 834. The van der Waals surface area contributed by atoms with E-state index in [2.05, 4.69) is 15.5 Å². The third-order valence-electron chi connectivity index (χ3n) is 3.29. The minimum Gasteiger partial charge on any atom is -0.477 e. The van der Waals surface area contributed by atoms with Crippen LogP contribution in [-0.2, 0) is 25.6 Å². The summed E-state index contributed by atoms with van der Waals surface area (Å²) in [7, 11) is -4.31. The average molecular weight is 393 g/mol. The van der Waals surface area contributed by atoms with Gasteiger partial charge in [-0.15, -0.1) is 16.9 Å². The quantitative estimate of drug-likeness (QED) is 0.356. The summed E-state index contributed by atoms with van der Waals surface area (Å²) in [5.41, 5.74) is 0.500. The van der Waals surface area contributed by atoms with Crippen LogP contribution in [0.4, 0.5) is 0 Å². The number of thioether (sulfide) groups is 2. The molecule has 2 N–H and O–H groups in total. The van der Waals surface area contributed by atoms with Crippen LogP contribution in [-0.4, -0.2) is 71.9 Å². The summed E-state index contributed by atoms with van der Waals surface area (Å²) in [5.74, 6) is -1.58. The van der Waals surface area contributed by atoms with Gasteiger partial charge in [0.15, 0.2) is 5.88 Å². The van der Waals surface area contributed by atoms with Crippen LogP contribution in [0.25, 0.3) is 0 Å². The van der Waals surface area contributed by atoms with Crippen molar-refractivity contribution in [2.75, 3.05) is 11.5 Å². The van der Waals surface area contributed by atoms with Crippen molar-refractivity contribution >= 4 is 45.5 Å². The van der Waals surface area contributed by atoms with Crippen LogP contribution in [0.2, 0.25) is 0 Å². The maximum absolute atomic E-state index is 11.6. The molecule has 0 aromatic carbocycles. The van der Waals surface area contributed by atoms with E-state index in [-0.39, 0.29) is 27.9 Å². The normalized spacial score (nSPS) is 20.8. The molecule has 11 nitrogen and oxygen atoms in total. The van der Waals surface area contributed by atoms with E-state index < -0.39 is 22.0 Å². The fourth-order valence-electron chi connectivity index (χ4n) is 2.28. The van der Waals surface area contributed by atoms with Crippen LogP contribution in [0.3, 0.4) is 0 Å². The molecule has 1 saturated heterocycles. The number of aliphatic carboxylic acids is 1. The van der Waals surface area contributed by atoms with Crippen molar-refractivity contribution < 1.29 is 27.7 Å². The lowest BCUT2D eigenvalue weighted by Gasteiger charge is -2.43. The molecule has 2 aliphatic rings. The van der Waals surface area contributed by atoms with Gasteiger partial charge in [-0.05, 0) is 16.0 Å². The number of amides is 1.